The van der Waals surface area contributed by atoms with Crippen molar-refractivity contribution in [3.8, 4) is 0 Å². The number of carbonyl (C=O) groups excluding carboxylic acids is 2. The molecule has 0 saturated carbocycles. The third-order valence-corrected chi connectivity index (χ3v) is 4.75. The van der Waals surface area contributed by atoms with E-state index in [4.69, 9.17) is 0 Å². The van der Waals surface area contributed by atoms with Crippen LogP contribution in [0.15, 0.2) is 5.38 Å². The number of nitrogens with zero attached hydrogens (tertiary/aromatic N) is 3. The molecule has 0 N–H and O–H groups in total. The Kier molecular flexibility index (Phi) is 5.33. The maximum Gasteiger partial charge on any atom is 0.228 e. The zero-order valence-electron chi connectivity index (χ0n) is 13.0. The molecule has 1 saturated heterocycles. The minimum absolute atomic E-state index is 0.151. The monoisotopic (exact) mass is 309 g/mol. The van der Waals surface area contributed by atoms with Crippen molar-refractivity contribution < 1.29 is 9.59 Å². The fraction of sp³-hybridized carbons (Fsp3) is 0.667. The Hall–Kier alpha value is -1.43. The van der Waals surface area contributed by atoms with Gasteiger partial charge in [-0.15, -0.1) is 11.3 Å². The summed E-state index contributed by atoms with van der Waals surface area (Å²) < 4.78 is 0. The molecule has 0 aromatic carbocycles. The van der Waals surface area contributed by atoms with Gasteiger partial charge in [-0.1, -0.05) is 0 Å². The lowest BCUT2D eigenvalue weighted by atomic mass is 9.93. The molecule has 1 fully saturated rings. The zero-order valence-corrected chi connectivity index (χ0v) is 13.8. The molecule has 0 aliphatic carbocycles. The van der Waals surface area contributed by atoms with E-state index < -0.39 is 0 Å². The van der Waals surface area contributed by atoms with E-state index in [-0.39, 0.29) is 11.8 Å². The third kappa shape index (κ3) is 4.52. The molecule has 6 heteroatoms. The number of likely N-dealkylation sites (tertiary alicyclic amines) is 1. The standard InChI is InChI=1S/C15H23N3O2S/c1-11-16-13(10-21-11)9-15(20)18-6-4-12(5-7-18)8-14(19)17(2)3/h10,12H,4-9H2,1-3H3. The minimum Gasteiger partial charge on any atom is -0.349 e. The van der Waals surface area contributed by atoms with E-state index in [1.165, 1.54) is 0 Å². The van der Waals surface area contributed by atoms with Crippen LogP contribution in [0, 0.1) is 12.8 Å². The van der Waals surface area contributed by atoms with E-state index in [1.807, 2.05) is 17.2 Å². The predicted molar refractivity (Wildman–Crippen MR) is 83.2 cm³/mol. The smallest absolute Gasteiger partial charge is 0.228 e. The summed E-state index contributed by atoms with van der Waals surface area (Å²) in [6, 6.07) is 0. The van der Waals surface area contributed by atoms with Crippen molar-refractivity contribution in [3.63, 3.8) is 0 Å². The maximum absolute atomic E-state index is 12.2. The van der Waals surface area contributed by atoms with Gasteiger partial charge in [-0.3, -0.25) is 9.59 Å². The zero-order chi connectivity index (χ0) is 15.4. The summed E-state index contributed by atoms with van der Waals surface area (Å²) >= 11 is 1.58. The number of piperidine rings is 1. The quantitative estimate of drug-likeness (QED) is 0.851. The van der Waals surface area contributed by atoms with Gasteiger partial charge in [-0.25, -0.2) is 4.98 Å². The van der Waals surface area contributed by atoms with Crippen molar-refractivity contribution in [3.05, 3.63) is 16.1 Å². The van der Waals surface area contributed by atoms with Crippen LogP contribution < -0.4 is 0 Å². The fourth-order valence-electron chi connectivity index (χ4n) is 2.57. The summed E-state index contributed by atoms with van der Waals surface area (Å²) in [6.07, 6.45) is 2.83. The number of carbonyl (C=O) groups is 2. The first-order chi connectivity index (χ1) is 9.95. The van der Waals surface area contributed by atoms with E-state index in [1.54, 1.807) is 30.3 Å². The number of hydrogen-bond donors (Lipinski definition) is 0. The lowest BCUT2D eigenvalue weighted by Gasteiger charge is -2.32. The first kappa shape index (κ1) is 15.9. The second kappa shape index (κ2) is 7.02. The topological polar surface area (TPSA) is 53.5 Å². The Labute approximate surface area is 130 Å². The van der Waals surface area contributed by atoms with Gasteiger partial charge >= 0.3 is 0 Å². The first-order valence-electron chi connectivity index (χ1n) is 7.34. The lowest BCUT2D eigenvalue weighted by Crippen LogP contribution is -2.40. The summed E-state index contributed by atoms with van der Waals surface area (Å²) in [4.78, 5) is 31.8. The van der Waals surface area contributed by atoms with Gasteiger partial charge in [0.15, 0.2) is 0 Å². The van der Waals surface area contributed by atoms with Gasteiger partial charge < -0.3 is 9.80 Å². The van der Waals surface area contributed by atoms with Gasteiger partial charge in [0.2, 0.25) is 11.8 Å². The molecule has 2 heterocycles. The van der Waals surface area contributed by atoms with Crippen LogP contribution in [0.2, 0.25) is 0 Å². The summed E-state index contributed by atoms with van der Waals surface area (Å²) in [6.45, 7) is 3.46. The third-order valence-electron chi connectivity index (χ3n) is 3.93. The van der Waals surface area contributed by atoms with Crippen molar-refractivity contribution in [2.45, 2.75) is 32.6 Å². The van der Waals surface area contributed by atoms with Crippen LogP contribution in [0.3, 0.4) is 0 Å². The van der Waals surface area contributed by atoms with Crippen molar-refractivity contribution in [1.82, 2.24) is 14.8 Å². The molecule has 0 atom stereocenters. The van der Waals surface area contributed by atoms with Crippen LogP contribution in [0.25, 0.3) is 0 Å². The SMILES string of the molecule is Cc1nc(CC(=O)N2CCC(CC(=O)N(C)C)CC2)cs1. The second-order valence-corrected chi connectivity index (χ2v) is 6.91. The highest BCUT2D eigenvalue weighted by Gasteiger charge is 2.25. The van der Waals surface area contributed by atoms with Crippen LogP contribution in [0.1, 0.15) is 30.0 Å². The average Bonchev–Trinajstić information content (AvgIpc) is 2.84. The minimum atomic E-state index is 0.151. The molecule has 116 valence electrons. The Balaban J connectivity index is 1.78. The highest BCUT2D eigenvalue weighted by molar-refractivity contribution is 7.09. The number of thiazole rings is 1. The molecular weight excluding hydrogens is 286 g/mol. The molecule has 0 bridgehead atoms. The number of aryl methyl sites for hydroxylation is 1. The van der Waals surface area contributed by atoms with Crippen molar-refractivity contribution in [2.24, 2.45) is 5.92 Å². The molecule has 1 aliphatic heterocycles. The van der Waals surface area contributed by atoms with Crippen molar-refractivity contribution >= 4 is 23.2 Å². The van der Waals surface area contributed by atoms with E-state index >= 15 is 0 Å². The van der Waals surface area contributed by atoms with Gasteiger partial charge in [-0.05, 0) is 25.7 Å². The fourth-order valence-corrected chi connectivity index (χ4v) is 3.18. The maximum atomic E-state index is 12.2. The summed E-state index contributed by atoms with van der Waals surface area (Å²) in [7, 11) is 3.58. The summed E-state index contributed by atoms with van der Waals surface area (Å²) in [5.74, 6) is 0.737. The molecule has 1 aliphatic rings. The van der Waals surface area contributed by atoms with Crippen LogP contribution in [-0.2, 0) is 16.0 Å². The molecule has 1 aromatic rings. The van der Waals surface area contributed by atoms with Gasteiger partial charge in [0.05, 0.1) is 17.1 Å². The lowest BCUT2D eigenvalue weighted by molar-refractivity contribution is -0.132. The van der Waals surface area contributed by atoms with Crippen molar-refractivity contribution in [2.75, 3.05) is 27.2 Å². The number of hydrogen-bond acceptors (Lipinski definition) is 4. The van der Waals surface area contributed by atoms with Gasteiger partial charge in [0, 0.05) is 39.0 Å². The van der Waals surface area contributed by atoms with Crippen LogP contribution >= 0.6 is 11.3 Å². The van der Waals surface area contributed by atoms with E-state index in [2.05, 4.69) is 4.98 Å². The average molecular weight is 309 g/mol. The summed E-state index contributed by atoms with van der Waals surface area (Å²) in [5, 5.41) is 2.95. The van der Waals surface area contributed by atoms with Crippen LogP contribution in [-0.4, -0.2) is 53.8 Å². The van der Waals surface area contributed by atoms with E-state index in [0.29, 0.717) is 18.8 Å². The van der Waals surface area contributed by atoms with Crippen LogP contribution in [0.5, 0.6) is 0 Å². The van der Waals surface area contributed by atoms with Gasteiger partial charge in [-0.2, -0.15) is 0 Å². The van der Waals surface area contributed by atoms with Crippen LogP contribution in [0.4, 0.5) is 0 Å². The normalized spacial score (nSPS) is 16.0. The highest BCUT2D eigenvalue weighted by Crippen LogP contribution is 2.22. The summed E-state index contributed by atoms with van der Waals surface area (Å²) in [5.41, 5.74) is 0.868. The second-order valence-electron chi connectivity index (χ2n) is 5.85. The molecule has 2 rings (SSSR count). The molecular formula is C15H23N3O2S. The largest absolute Gasteiger partial charge is 0.349 e. The number of amides is 2. The molecule has 5 nitrogen and oxygen atoms in total. The Bertz CT molecular complexity index is 505. The highest BCUT2D eigenvalue weighted by atomic mass is 32.1. The number of rotatable bonds is 4. The molecule has 0 radical (unpaired) electrons. The Morgan fingerprint density at radius 2 is 2.05 bits per heavy atom. The van der Waals surface area contributed by atoms with E-state index in [0.717, 1.165) is 36.6 Å². The molecule has 2 amide bonds. The molecule has 0 spiro atoms. The van der Waals surface area contributed by atoms with E-state index in [9.17, 15) is 9.59 Å². The molecule has 1 aromatic heterocycles. The van der Waals surface area contributed by atoms with Gasteiger partial charge in [0.1, 0.15) is 0 Å². The predicted octanol–water partition coefficient (Wildman–Crippen LogP) is 1.71. The Morgan fingerprint density at radius 1 is 1.38 bits per heavy atom. The molecule has 0 unspecified atom stereocenters. The number of aromatic nitrogens is 1. The van der Waals surface area contributed by atoms with Gasteiger partial charge in [0.25, 0.3) is 0 Å². The Morgan fingerprint density at radius 3 is 2.57 bits per heavy atom. The molecule has 21 heavy (non-hydrogen) atoms. The first-order valence-corrected chi connectivity index (χ1v) is 8.22. The van der Waals surface area contributed by atoms with Crippen molar-refractivity contribution in [1.29, 1.82) is 0 Å².